The molecule has 1 aliphatic rings. The first-order valence-corrected chi connectivity index (χ1v) is 15.3. The number of hydrogen-bond acceptors (Lipinski definition) is 6. The van der Waals surface area contributed by atoms with E-state index in [4.69, 9.17) is 4.98 Å². The standard InChI is InChI=1S/C32H30FN7O2S/c1-19-11-12-26-23(17-19)28-29(39(26)18-21-7-3-4-8-24(21)33)35-31(37-36-28)43-20(2)30(41)38-15-13-22(14-16-38)40-27-10-6-5-9-25(27)34-32(40)42/h3-12,17,20,22H,13-16,18H2,1-2H3,(H,34,42). The third-order valence-corrected chi connectivity index (χ3v) is 9.22. The van der Waals surface area contributed by atoms with Gasteiger partial charge in [0, 0.05) is 30.1 Å². The zero-order valence-electron chi connectivity index (χ0n) is 23.8. The number of H-pyrrole nitrogens is 1. The average Bonchev–Trinajstić information content (AvgIpc) is 3.51. The molecular formula is C32H30FN7O2S. The summed E-state index contributed by atoms with van der Waals surface area (Å²) in [5, 5.41) is 9.77. The predicted octanol–water partition coefficient (Wildman–Crippen LogP) is 5.46. The van der Waals surface area contributed by atoms with Gasteiger partial charge in [-0.2, -0.15) is 0 Å². The number of imidazole rings is 1. The first-order valence-electron chi connectivity index (χ1n) is 14.4. The van der Waals surface area contributed by atoms with E-state index in [1.54, 1.807) is 12.1 Å². The highest BCUT2D eigenvalue weighted by atomic mass is 32.2. The zero-order chi connectivity index (χ0) is 29.7. The highest BCUT2D eigenvalue weighted by Crippen LogP contribution is 2.31. The van der Waals surface area contributed by atoms with E-state index < -0.39 is 5.25 Å². The van der Waals surface area contributed by atoms with Crippen molar-refractivity contribution in [2.45, 2.75) is 49.7 Å². The summed E-state index contributed by atoms with van der Waals surface area (Å²) in [7, 11) is 0. The van der Waals surface area contributed by atoms with Crippen LogP contribution in [0.15, 0.2) is 76.7 Å². The van der Waals surface area contributed by atoms with E-state index in [-0.39, 0.29) is 23.5 Å². The maximum absolute atomic E-state index is 14.6. The second-order valence-corrected chi connectivity index (χ2v) is 12.4. The van der Waals surface area contributed by atoms with E-state index in [1.165, 1.54) is 17.8 Å². The topological polar surface area (TPSA) is 102 Å². The molecule has 7 rings (SSSR count). The Hall–Kier alpha value is -4.51. The highest BCUT2D eigenvalue weighted by molar-refractivity contribution is 8.00. The van der Waals surface area contributed by atoms with Crippen molar-refractivity contribution in [1.29, 1.82) is 0 Å². The number of benzene rings is 3. The number of fused-ring (bicyclic) bond motifs is 4. The predicted molar refractivity (Wildman–Crippen MR) is 166 cm³/mol. The van der Waals surface area contributed by atoms with Crippen molar-refractivity contribution in [1.82, 2.24) is 34.2 Å². The number of thioether (sulfide) groups is 1. The lowest BCUT2D eigenvalue weighted by Crippen LogP contribution is -2.43. The Labute approximate surface area is 250 Å². The molecule has 43 heavy (non-hydrogen) atoms. The van der Waals surface area contributed by atoms with Gasteiger partial charge in [-0.15, -0.1) is 10.2 Å². The molecule has 1 atom stereocenters. The van der Waals surface area contributed by atoms with Crippen molar-refractivity contribution in [2.75, 3.05) is 13.1 Å². The van der Waals surface area contributed by atoms with E-state index in [0.29, 0.717) is 54.4 Å². The number of aromatic nitrogens is 6. The van der Waals surface area contributed by atoms with Crippen LogP contribution < -0.4 is 5.69 Å². The van der Waals surface area contributed by atoms with Crippen LogP contribution in [0.25, 0.3) is 33.1 Å². The summed E-state index contributed by atoms with van der Waals surface area (Å²) in [6, 6.07) is 20.5. The molecule has 1 unspecified atom stereocenters. The number of aryl methyl sites for hydroxylation is 1. The smallest absolute Gasteiger partial charge is 0.326 e. The second-order valence-electron chi connectivity index (χ2n) is 11.1. The minimum Gasteiger partial charge on any atom is -0.342 e. The molecule has 11 heteroatoms. The van der Waals surface area contributed by atoms with Gasteiger partial charge in [0.15, 0.2) is 5.65 Å². The third-order valence-electron chi connectivity index (χ3n) is 8.28. The summed E-state index contributed by atoms with van der Waals surface area (Å²) in [4.78, 5) is 35.8. The van der Waals surface area contributed by atoms with Gasteiger partial charge < -0.3 is 14.5 Å². The monoisotopic (exact) mass is 595 g/mol. The Morgan fingerprint density at radius 3 is 2.63 bits per heavy atom. The summed E-state index contributed by atoms with van der Waals surface area (Å²) < 4.78 is 18.4. The van der Waals surface area contributed by atoms with Gasteiger partial charge in [0.25, 0.3) is 0 Å². The molecule has 1 fully saturated rings. The Morgan fingerprint density at radius 1 is 1.05 bits per heavy atom. The number of likely N-dealkylation sites (tertiary alicyclic amines) is 1. The Balaban J connectivity index is 1.11. The zero-order valence-corrected chi connectivity index (χ0v) is 24.6. The molecule has 3 aromatic carbocycles. The van der Waals surface area contributed by atoms with Crippen LogP contribution in [0.2, 0.25) is 0 Å². The SMILES string of the molecule is Cc1ccc2c(c1)c1nnc(SC(C)C(=O)N3CCC(n4c(=O)[nH]c5ccccc54)CC3)nc1n2Cc1ccccc1F. The summed E-state index contributed by atoms with van der Waals surface area (Å²) in [6.07, 6.45) is 1.40. The summed E-state index contributed by atoms with van der Waals surface area (Å²) in [5.41, 5.74) is 5.38. The molecule has 1 saturated heterocycles. The van der Waals surface area contributed by atoms with Gasteiger partial charge in [-0.25, -0.2) is 14.2 Å². The molecule has 1 aliphatic heterocycles. The molecule has 1 amide bonds. The molecule has 0 aliphatic carbocycles. The lowest BCUT2D eigenvalue weighted by Gasteiger charge is -2.33. The minimum atomic E-state index is -0.432. The molecule has 9 nitrogen and oxygen atoms in total. The molecular weight excluding hydrogens is 565 g/mol. The van der Waals surface area contributed by atoms with E-state index in [2.05, 4.69) is 15.2 Å². The maximum atomic E-state index is 14.6. The van der Waals surface area contributed by atoms with Gasteiger partial charge in [-0.05, 0) is 57.0 Å². The largest absolute Gasteiger partial charge is 0.342 e. The van der Waals surface area contributed by atoms with Crippen LogP contribution in [0, 0.1) is 12.7 Å². The number of piperidine rings is 1. The van der Waals surface area contributed by atoms with Gasteiger partial charge in [-0.3, -0.25) is 9.36 Å². The minimum absolute atomic E-state index is 0.000876. The lowest BCUT2D eigenvalue weighted by molar-refractivity contribution is -0.131. The fourth-order valence-corrected chi connectivity index (χ4v) is 6.90. The number of halogens is 1. The van der Waals surface area contributed by atoms with Crippen LogP contribution in [0.5, 0.6) is 0 Å². The van der Waals surface area contributed by atoms with Crippen molar-refractivity contribution in [2.24, 2.45) is 0 Å². The summed E-state index contributed by atoms with van der Waals surface area (Å²) in [5.74, 6) is -0.278. The fraction of sp³-hybridized carbons (Fsp3) is 0.281. The van der Waals surface area contributed by atoms with E-state index in [9.17, 15) is 14.0 Å². The van der Waals surface area contributed by atoms with Crippen molar-refractivity contribution >= 4 is 50.8 Å². The number of aromatic amines is 1. The Kier molecular flexibility index (Phi) is 6.97. The van der Waals surface area contributed by atoms with Crippen LogP contribution in [0.1, 0.15) is 36.9 Å². The Bertz CT molecular complexity index is 2060. The maximum Gasteiger partial charge on any atom is 0.326 e. The van der Waals surface area contributed by atoms with Gasteiger partial charge >= 0.3 is 5.69 Å². The van der Waals surface area contributed by atoms with Crippen LogP contribution in [-0.4, -0.2) is 58.4 Å². The average molecular weight is 596 g/mol. The number of carbonyl (C=O) groups is 1. The number of amides is 1. The third kappa shape index (κ3) is 4.97. The van der Waals surface area contributed by atoms with Gasteiger partial charge in [0.05, 0.1) is 28.3 Å². The Morgan fingerprint density at radius 2 is 1.81 bits per heavy atom. The fourth-order valence-electron chi connectivity index (χ4n) is 6.11. The van der Waals surface area contributed by atoms with E-state index in [1.807, 2.05) is 76.4 Å². The molecule has 0 bridgehead atoms. The molecule has 0 saturated carbocycles. The highest BCUT2D eigenvalue weighted by Gasteiger charge is 2.29. The molecule has 1 N–H and O–H groups in total. The van der Waals surface area contributed by atoms with Crippen LogP contribution in [0.3, 0.4) is 0 Å². The van der Waals surface area contributed by atoms with Crippen molar-refractivity contribution in [3.63, 3.8) is 0 Å². The number of para-hydroxylation sites is 2. The van der Waals surface area contributed by atoms with Crippen molar-refractivity contribution in [3.8, 4) is 0 Å². The molecule has 3 aromatic heterocycles. The van der Waals surface area contributed by atoms with Gasteiger partial charge in [0.2, 0.25) is 11.1 Å². The lowest BCUT2D eigenvalue weighted by atomic mass is 10.0. The van der Waals surface area contributed by atoms with E-state index in [0.717, 1.165) is 27.5 Å². The molecule has 4 heterocycles. The number of nitrogens with zero attached hydrogens (tertiary/aromatic N) is 6. The quantitative estimate of drug-likeness (QED) is 0.257. The normalized spacial score (nSPS) is 15.1. The van der Waals surface area contributed by atoms with Gasteiger partial charge in [-0.1, -0.05) is 53.7 Å². The molecule has 0 radical (unpaired) electrons. The van der Waals surface area contributed by atoms with Crippen molar-refractivity contribution in [3.05, 3.63) is 94.2 Å². The van der Waals surface area contributed by atoms with Gasteiger partial charge in [0.1, 0.15) is 11.3 Å². The first kappa shape index (κ1) is 27.3. The molecule has 6 aromatic rings. The summed E-state index contributed by atoms with van der Waals surface area (Å²) >= 11 is 1.27. The van der Waals surface area contributed by atoms with Crippen molar-refractivity contribution < 1.29 is 9.18 Å². The van der Waals surface area contributed by atoms with Crippen LogP contribution in [0.4, 0.5) is 4.39 Å². The number of nitrogens with one attached hydrogen (secondary N) is 1. The number of carbonyl (C=O) groups excluding carboxylic acids is 1. The molecule has 0 spiro atoms. The van der Waals surface area contributed by atoms with E-state index >= 15 is 0 Å². The summed E-state index contributed by atoms with van der Waals surface area (Å²) in [6.45, 7) is 5.29. The van der Waals surface area contributed by atoms with Crippen LogP contribution >= 0.6 is 11.8 Å². The number of rotatable bonds is 6. The molecule has 218 valence electrons. The first-order chi connectivity index (χ1) is 20.9. The van der Waals surface area contributed by atoms with Crippen LogP contribution in [-0.2, 0) is 11.3 Å². The number of hydrogen-bond donors (Lipinski definition) is 1. The second kappa shape index (κ2) is 11.0.